The summed E-state index contributed by atoms with van der Waals surface area (Å²) in [7, 11) is 3.42. The highest BCUT2D eigenvalue weighted by Crippen LogP contribution is 2.24. The Kier molecular flexibility index (Phi) is 8.20. The van der Waals surface area contributed by atoms with Crippen molar-refractivity contribution in [1.82, 2.24) is 20.5 Å². The number of aromatic nitrogens is 1. The Bertz CT molecular complexity index is 882. The van der Waals surface area contributed by atoms with Crippen molar-refractivity contribution in [3.05, 3.63) is 58.7 Å². The van der Waals surface area contributed by atoms with Crippen LogP contribution in [0.25, 0.3) is 0 Å². The van der Waals surface area contributed by atoms with Crippen LogP contribution in [0.2, 0.25) is 0 Å². The number of morpholine rings is 1. The first-order valence-electron chi connectivity index (χ1n) is 10.5. The Balaban J connectivity index is 1.66. The van der Waals surface area contributed by atoms with E-state index >= 15 is 0 Å². The van der Waals surface area contributed by atoms with Crippen LogP contribution in [-0.2, 0) is 11.3 Å². The van der Waals surface area contributed by atoms with Crippen LogP contribution in [0.3, 0.4) is 0 Å². The number of methoxy groups -OCH3 is 1. The molecule has 0 spiro atoms. The highest BCUT2D eigenvalue weighted by Gasteiger charge is 2.23. The summed E-state index contributed by atoms with van der Waals surface area (Å²) < 4.78 is 24.4. The van der Waals surface area contributed by atoms with Gasteiger partial charge >= 0.3 is 0 Å². The number of guanidine groups is 1. The number of hydrogen-bond acceptors (Lipinski definition) is 5. The average molecular weight is 430 g/mol. The molecule has 2 N–H and O–H groups in total. The van der Waals surface area contributed by atoms with Crippen molar-refractivity contribution < 1.29 is 13.9 Å². The largest absolute Gasteiger partial charge is 0.496 e. The molecular weight excluding hydrogens is 397 g/mol. The van der Waals surface area contributed by atoms with Gasteiger partial charge in [-0.25, -0.2) is 4.39 Å². The maximum Gasteiger partial charge on any atom is 0.191 e. The Morgan fingerprint density at radius 2 is 1.94 bits per heavy atom. The van der Waals surface area contributed by atoms with Crippen molar-refractivity contribution in [3.8, 4) is 5.75 Å². The fraction of sp³-hybridized carbons (Fsp3) is 0.478. The Morgan fingerprint density at radius 3 is 2.58 bits per heavy atom. The molecule has 2 heterocycles. The van der Waals surface area contributed by atoms with E-state index in [2.05, 4.69) is 25.5 Å². The zero-order chi connectivity index (χ0) is 22.2. The quantitative estimate of drug-likeness (QED) is 0.521. The van der Waals surface area contributed by atoms with E-state index in [0.29, 0.717) is 32.3 Å². The van der Waals surface area contributed by atoms with E-state index < -0.39 is 0 Å². The van der Waals surface area contributed by atoms with Crippen molar-refractivity contribution in [2.45, 2.75) is 26.4 Å². The van der Waals surface area contributed by atoms with E-state index in [-0.39, 0.29) is 11.9 Å². The number of benzene rings is 1. The third-order valence-corrected chi connectivity index (χ3v) is 5.60. The van der Waals surface area contributed by atoms with Crippen LogP contribution in [0.5, 0.6) is 5.75 Å². The van der Waals surface area contributed by atoms with Gasteiger partial charge in [0.15, 0.2) is 5.96 Å². The Morgan fingerprint density at radius 1 is 1.23 bits per heavy atom. The predicted molar refractivity (Wildman–Crippen MR) is 120 cm³/mol. The van der Waals surface area contributed by atoms with E-state index in [1.54, 1.807) is 14.2 Å². The van der Waals surface area contributed by atoms with Gasteiger partial charge in [-0.2, -0.15) is 0 Å². The van der Waals surface area contributed by atoms with E-state index in [0.717, 1.165) is 41.2 Å². The van der Waals surface area contributed by atoms with Crippen LogP contribution in [0.15, 0.2) is 35.5 Å². The summed E-state index contributed by atoms with van der Waals surface area (Å²) in [5.74, 6) is 1.31. The van der Waals surface area contributed by atoms with Gasteiger partial charge in [-0.15, -0.1) is 0 Å². The minimum Gasteiger partial charge on any atom is -0.496 e. The minimum atomic E-state index is -0.230. The summed E-state index contributed by atoms with van der Waals surface area (Å²) in [4.78, 5) is 11.2. The molecule has 0 amide bonds. The first-order valence-corrected chi connectivity index (χ1v) is 10.5. The Labute approximate surface area is 183 Å². The average Bonchev–Trinajstić information content (AvgIpc) is 2.79. The molecule has 1 aromatic heterocycles. The molecule has 1 unspecified atom stereocenters. The van der Waals surface area contributed by atoms with Gasteiger partial charge in [-0.3, -0.25) is 14.9 Å². The van der Waals surface area contributed by atoms with Crippen LogP contribution < -0.4 is 15.4 Å². The number of halogens is 1. The molecule has 1 aromatic carbocycles. The van der Waals surface area contributed by atoms with Crippen LogP contribution in [0, 0.1) is 19.7 Å². The van der Waals surface area contributed by atoms with Crippen LogP contribution in [-0.4, -0.2) is 62.8 Å². The maximum atomic E-state index is 13.4. The molecule has 1 atom stereocenters. The number of pyridine rings is 1. The molecule has 0 aliphatic carbocycles. The van der Waals surface area contributed by atoms with Gasteiger partial charge in [0.05, 0.1) is 38.6 Å². The molecule has 1 aliphatic heterocycles. The van der Waals surface area contributed by atoms with E-state index in [1.165, 1.54) is 12.1 Å². The second-order valence-corrected chi connectivity index (χ2v) is 7.57. The predicted octanol–water partition coefficient (Wildman–Crippen LogP) is 2.58. The molecule has 0 radical (unpaired) electrons. The number of hydrogen-bond donors (Lipinski definition) is 2. The van der Waals surface area contributed by atoms with Gasteiger partial charge < -0.3 is 20.1 Å². The number of rotatable bonds is 7. The number of ether oxygens (including phenoxy) is 2. The van der Waals surface area contributed by atoms with Crippen molar-refractivity contribution in [3.63, 3.8) is 0 Å². The summed E-state index contributed by atoms with van der Waals surface area (Å²) in [5.41, 5.74) is 4.00. The highest BCUT2D eigenvalue weighted by molar-refractivity contribution is 5.79. The monoisotopic (exact) mass is 429 g/mol. The molecule has 3 rings (SSSR count). The third-order valence-electron chi connectivity index (χ3n) is 5.60. The first kappa shape index (κ1) is 23.0. The van der Waals surface area contributed by atoms with Gasteiger partial charge in [0.25, 0.3) is 0 Å². The number of nitrogens with zero attached hydrogens (tertiary/aromatic N) is 3. The topological polar surface area (TPSA) is 71.0 Å². The van der Waals surface area contributed by atoms with Crippen molar-refractivity contribution >= 4 is 5.96 Å². The van der Waals surface area contributed by atoms with Gasteiger partial charge in [0.1, 0.15) is 11.6 Å². The molecule has 0 saturated carbocycles. The number of aliphatic imine (C=N–C) groups is 1. The third kappa shape index (κ3) is 5.92. The standard InChI is InChI=1S/C23H32FN5O2/c1-16-13-26-20(17(2)22(16)30-4)14-27-23(25-3)28-15-21(29-9-11-31-12-10-29)18-5-7-19(24)8-6-18/h5-8,13,21H,9-12,14-15H2,1-4H3,(H2,25,27,28). The lowest BCUT2D eigenvalue weighted by molar-refractivity contribution is 0.0170. The van der Waals surface area contributed by atoms with Crippen molar-refractivity contribution in [2.24, 2.45) is 4.99 Å². The van der Waals surface area contributed by atoms with Gasteiger partial charge in [0, 0.05) is 44.0 Å². The van der Waals surface area contributed by atoms with Gasteiger partial charge in [-0.1, -0.05) is 12.1 Å². The summed E-state index contributed by atoms with van der Waals surface area (Å²) in [6.45, 7) is 8.22. The zero-order valence-electron chi connectivity index (χ0n) is 18.7. The van der Waals surface area contributed by atoms with Gasteiger partial charge in [0.2, 0.25) is 0 Å². The lowest BCUT2D eigenvalue weighted by Crippen LogP contribution is -2.46. The van der Waals surface area contributed by atoms with Crippen molar-refractivity contribution in [2.75, 3.05) is 47.0 Å². The van der Waals surface area contributed by atoms with Gasteiger partial charge in [-0.05, 0) is 31.5 Å². The molecule has 168 valence electrons. The molecular formula is C23H32FN5O2. The SMILES string of the molecule is CN=C(NCc1ncc(C)c(OC)c1C)NCC(c1ccc(F)cc1)N1CCOCC1. The van der Waals surface area contributed by atoms with Crippen molar-refractivity contribution in [1.29, 1.82) is 0 Å². The smallest absolute Gasteiger partial charge is 0.191 e. The molecule has 0 bridgehead atoms. The molecule has 1 aliphatic rings. The minimum absolute atomic E-state index is 0.0855. The molecule has 1 saturated heterocycles. The fourth-order valence-corrected chi connectivity index (χ4v) is 3.86. The normalized spacial score (nSPS) is 16.1. The van der Waals surface area contributed by atoms with Crippen LogP contribution in [0.1, 0.15) is 28.4 Å². The van der Waals surface area contributed by atoms with Crippen LogP contribution in [0.4, 0.5) is 4.39 Å². The maximum absolute atomic E-state index is 13.4. The molecule has 31 heavy (non-hydrogen) atoms. The molecule has 7 nitrogen and oxygen atoms in total. The molecule has 2 aromatic rings. The number of nitrogens with one attached hydrogen (secondary N) is 2. The number of aryl methyl sites for hydroxylation is 1. The van der Waals surface area contributed by atoms with Crippen LogP contribution >= 0.6 is 0 Å². The molecule has 1 fully saturated rings. The lowest BCUT2D eigenvalue weighted by atomic mass is 10.0. The summed E-state index contributed by atoms with van der Waals surface area (Å²) in [5, 5.41) is 6.75. The summed E-state index contributed by atoms with van der Waals surface area (Å²) >= 11 is 0. The fourth-order valence-electron chi connectivity index (χ4n) is 3.86. The van der Waals surface area contributed by atoms with E-state index in [1.807, 2.05) is 32.2 Å². The zero-order valence-corrected chi connectivity index (χ0v) is 18.7. The van der Waals surface area contributed by atoms with E-state index in [4.69, 9.17) is 9.47 Å². The Hall–Kier alpha value is -2.71. The summed E-state index contributed by atoms with van der Waals surface area (Å²) in [6.07, 6.45) is 1.82. The highest BCUT2D eigenvalue weighted by atomic mass is 19.1. The second-order valence-electron chi connectivity index (χ2n) is 7.57. The first-order chi connectivity index (χ1) is 15.0. The van der Waals surface area contributed by atoms with E-state index in [9.17, 15) is 4.39 Å². The summed E-state index contributed by atoms with van der Waals surface area (Å²) in [6, 6.07) is 6.80. The lowest BCUT2D eigenvalue weighted by Gasteiger charge is -2.35. The second kappa shape index (κ2) is 11.1. The molecule has 8 heteroatoms.